The lowest BCUT2D eigenvalue weighted by Crippen LogP contribution is -2.32. The second-order valence-electron chi connectivity index (χ2n) is 10.7. The molecule has 10 nitrogen and oxygen atoms in total. The zero-order valence-electron chi connectivity index (χ0n) is 24.4. The van der Waals surface area contributed by atoms with Gasteiger partial charge in [0.15, 0.2) is 17.3 Å². The average molecular weight is 608 g/mol. The van der Waals surface area contributed by atoms with Crippen molar-refractivity contribution in [2.75, 3.05) is 17.8 Å². The maximum absolute atomic E-state index is 13.3. The first-order valence-electron chi connectivity index (χ1n) is 14.6. The van der Waals surface area contributed by atoms with E-state index in [1.807, 2.05) is 42.5 Å². The van der Waals surface area contributed by atoms with Gasteiger partial charge < -0.3 is 40.4 Å². The summed E-state index contributed by atoms with van der Waals surface area (Å²) in [4.78, 5) is 26.0. The summed E-state index contributed by atoms with van der Waals surface area (Å²) in [5.41, 5.74) is 10.9. The van der Waals surface area contributed by atoms with Crippen molar-refractivity contribution in [1.82, 2.24) is 5.32 Å². The van der Waals surface area contributed by atoms with Crippen LogP contribution in [0.5, 0.6) is 11.5 Å². The Balaban J connectivity index is 1.11. The van der Waals surface area contributed by atoms with Crippen LogP contribution >= 0.6 is 0 Å². The lowest BCUT2D eigenvalue weighted by molar-refractivity contribution is -0.150. The topological polar surface area (TPSA) is 141 Å². The number of nitrogen functional groups attached to an aromatic ring is 1. The third-order valence-electron chi connectivity index (χ3n) is 7.63. The molecule has 0 aliphatic carbocycles. The number of nitrogens with one attached hydrogen (secondary N) is 2. The third-order valence-corrected chi connectivity index (χ3v) is 7.63. The van der Waals surface area contributed by atoms with Gasteiger partial charge in [-0.25, -0.2) is 0 Å². The zero-order valence-corrected chi connectivity index (χ0v) is 24.4. The summed E-state index contributed by atoms with van der Waals surface area (Å²) >= 11 is 0. The van der Waals surface area contributed by atoms with Crippen molar-refractivity contribution in [2.24, 2.45) is 0 Å². The molecular weight excluding hydrogens is 574 g/mol. The number of allylic oxidation sites excluding steroid dienone is 1. The maximum Gasteiger partial charge on any atom is 0.286 e. The van der Waals surface area contributed by atoms with Crippen LogP contribution in [-0.4, -0.2) is 30.0 Å². The fraction of sp³-hybridized carbons (Fsp3) is 0.200. The molecule has 6 rings (SSSR count). The first-order chi connectivity index (χ1) is 21.9. The summed E-state index contributed by atoms with van der Waals surface area (Å²) in [6, 6.07) is 27.2. The molecular formula is C35H33N3O7. The molecule has 2 atom stereocenters. The molecule has 0 saturated carbocycles. The number of nitrogens with two attached hydrogens (primary N) is 1. The Hall–Kier alpha value is -5.32. The number of benzene rings is 4. The van der Waals surface area contributed by atoms with Crippen LogP contribution in [0.2, 0.25) is 0 Å². The normalized spacial score (nSPS) is 16.8. The standard InChI is InChI=1S/C35H33N3O7/c36-28-3-1-2-4-29(28)38-34(40)25-11-9-22(10-12-25)18-37-35(41)32-16-27(26-13-14-30-31(15-26)44-21-43-30)17-33(45-32)42-20-24-7-5-23(19-39)6-8-24/h1-16,27,33,39H,17-21,36H2,(H,37,41)(H,38,40)/t27-,33+/m0/s1. The predicted molar refractivity (Wildman–Crippen MR) is 167 cm³/mol. The molecule has 0 bridgehead atoms. The fourth-order valence-electron chi connectivity index (χ4n) is 5.07. The first-order valence-corrected chi connectivity index (χ1v) is 14.6. The number of aliphatic hydroxyl groups excluding tert-OH is 1. The van der Waals surface area contributed by atoms with Crippen LogP contribution in [-0.2, 0) is 34.0 Å². The van der Waals surface area contributed by atoms with Gasteiger partial charge in [0.1, 0.15) is 0 Å². The van der Waals surface area contributed by atoms with Crippen LogP contribution < -0.4 is 25.8 Å². The van der Waals surface area contributed by atoms with Gasteiger partial charge in [-0.3, -0.25) is 9.59 Å². The lowest BCUT2D eigenvalue weighted by Gasteiger charge is -2.29. The van der Waals surface area contributed by atoms with Crippen molar-refractivity contribution in [2.45, 2.75) is 38.4 Å². The number of hydrogen-bond acceptors (Lipinski definition) is 8. The number of carbonyl (C=O) groups is 2. The number of ether oxygens (including phenoxy) is 4. The minimum Gasteiger partial charge on any atom is -0.459 e. The molecule has 230 valence electrons. The second-order valence-corrected chi connectivity index (χ2v) is 10.7. The summed E-state index contributed by atoms with van der Waals surface area (Å²) in [5, 5.41) is 15.0. The summed E-state index contributed by atoms with van der Waals surface area (Å²) in [5.74, 6) is 0.647. The summed E-state index contributed by atoms with van der Waals surface area (Å²) < 4.78 is 23.2. The molecule has 0 radical (unpaired) electrons. The minimum atomic E-state index is -0.680. The monoisotopic (exact) mass is 607 g/mol. The largest absolute Gasteiger partial charge is 0.459 e. The number of rotatable bonds is 10. The highest BCUT2D eigenvalue weighted by Gasteiger charge is 2.30. The lowest BCUT2D eigenvalue weighted by atomic mass is 9.92. The maximum atomic E-state index is 13.3. The molecule has 0 saturated heterocycles. The Labute approximate surface area is 260 Å². The van der Waals surface area contributed by atoms with Crippen LogP contribution in [0.15, 0.2) is 103 Å². The highest BCUT2D eigenvalue weighted by molar-refractivity contribution is 6.05. The fourth-order valence-corrected chi connectivity index (χ4v) is 5.07. The van der Waals surface area contributed by atoms with E-state index >= 15 is 0 Å². The molecule has 4 aromatic carbocycles. The predicted octanol–water partition coefficient (Wildman–Crippen LogP) is 4.99. The van der Waals surface area contributed by atoms with E-state index in [0.29, 0.717) is 34.9 Å². The number of amides is 2. The Morgan fingerprint density at radius 1 is 0.867 bits per heavy atom. The first kappa shape index (κ1) is 29.7. The number of anilines is 2. The molecule has 0 aromatic heterocycles. The van der Waals surface area contributed by atoms with Crippen LogP contribution in [0.4, 0.5) is 11.4 Å². The van der Waals surface area contributed by atoms with Crippen LogP contribution in [0.1, 0.15) is 45.0 Å². The van der Waals surface area contributed by atoms with Gasteiger partial charge in [-0.1, -0.05) is 54.6 Å². The van der Waals surface area contributed by atoms with Crippen LogP contribution in [0.3, 0.4) is 0 Å². The number of fused-ring (bicyclic) bond motifs is 1. The van der Waals surface area contributed by atoms with Gasteiger partial charge in [0.05, 0.1) is 24.6 Å². The van der Waals surface area contributed by atoms with E-state index in [-0.39, 0.29) is 50.0 Å². The van der Waals surface area contributed by atoms with Gasteiger partial charge in [0.2, 0.25) is 13.1 Å². The second kappa shape index (κ2) is 13.5. The van der Waals surface area contributed by atoms with Crippen LogP contribution in [0.25, 0.3) is 0 Å². The zero-order chi connectivity index (χ0) is 31.2. The summed E-state index contributed by atoms with van der Waals surface area (Å²) in [7, 11) is 0. The smallest absolute Gasteiger partial charge is 0.286 e. The van der Waals surface area contributed by atoms with Gasteiger partial charge in [0, 0.05) is 24.4 Å². The molecule has 0 unspecified atom stereocenters. The van der Waals surface area contributed by atoms with Gasteiger partial charge in [0.25, 0.3) is 11.8 Å². The van der Waals surface area contributed by atoms with Crippen molar-refractivity contribution in [3.63, 3.8) is 0 Å². The molecule has 2 aliphatic heterocycles. The molecule has 0 spiro atoms. The molecule has 10 heteroatoms. The number of para-hydroxylation sites is 2. The van der Waals surface area contributed by atoms with E-state index in [1.54, 1.807) is 54.6 Å². The van der Waals surface area contributed by atoms with E-state index in [0.717, 1.165) is 22.3 Å². The van der Waals surface area contributed by atoms with Gasteiger partial charge in [-0.2, -0.15) is 0 Å². The van der Waals surface area contributed by atoms with Crippen molar-refractivity contribution in [3.8, 4) is 11.5 Å². The van der Waals surface area contributed by atoms with Gasteiger partial charge in [-0.05, 0) is 64.7 Å². The Kier molecular flexibility index (Phi) is 8.95. The highest BCUT2D eigenvalue weighted by Crippen LogP contribution is 2.38. The molecule has 0 fully saturated rings. The van der Waals surface area contributed by atoms with E-state index < -0.39 is 6.29 Å². The molecule has 4 aromatic rings. The SMILES string of the molecule is Nc1ccccc1NC(=O)c1ccc(CNC(=O)C2=C[C@H](c3ccc4c(c3)OCO4)C[C@H](OCc3ccc(CO)cc3)O2)cc1. The van der Waals surface area contributed by atoms with Crippen LogP contribution in [0, 0.1) is 0 Å². The van der Waals surface area contributed by atoms with E-state index in [9.17, 15) is 14.7 Å². The van der Waals surface area contributed by atoms with E-state index in [1.165, 1.54) is 0 Å². The van der Waals surface area contributed by atoms with E-state index in [2.05, 4.69) is 10.6 Å². The van der Waals surface area contributed by atoms with Crippen molar-refractivity contribution < 1.29 is 33.6 Å². The highest BCUT2D eigenvalue weighted by atomic mass is 16.7. The summed E-state index contributed by atoms with van der Waals surface area (Å²) in [6.07, 6.45) is 1.61. The third kappa shape index (κ3) is 7.26. The Morgan fingerprint density at radius 3 is 2.38 bits per heavy atom. The van der Waals surface area contributed by atoms with Crippen molar-refractivity contribution >= 4 is 23.2 Å². The Morgan fingerprint density at radius 2 is 1.60 bits per heavy atom. The average Bonchev–Trinajstić information content (AvgIpc) is 3.56. The quantitative estimate of drug-likeness (QED) is 0.185. The summed E-state index contributed by atoms with van der Waals surface area (Å²) in [6.45, 7) is 0.640. The molecule has 45 heavy (non-hydrogen) atoms. The van der Waals surface area contributed by atoms with Crippen molar-refractivity contribution in [3.05, 3.63) is 131 Å². The molecule has 2 heterocycles. The minimum absolute atomic E-state index is 0.0311. The van der Waals surface area contributed by atoms with Gasteiger partial charge in [-0.15, -0.1) is 0 Å². The number of hydrogen-bond donors (Lipinski definition) is 4. The van der Waals surface area contributed by atoms with E-state index in [4.69, 9.17) is 24.7 Å². The van der Waals surface area contributed by atoms with Crippen molar-refractivity contribution in [1.29, 1.82) is 0 Å². The molecule has 2 amide bonds. The Bertz CT molecular complexity index is 1700. The number of carbonyl (C=O) groups excluding carboxylic acids is 2. The molecule has 2 aliphatic rings. The van der Waals surface area contributed by atoms with Gasteiger partial charge >= 0.3 is 0 Å². The molecule has 5 N–H and O–H groups in total. The number of aliphatic hydroxyl groups is 1.